The highest BCUT2D eigenvalue weighted by atomic mass is 28.3. The number of ether oxygens (including phenoxy) is 3. The number of anilines is 1. The average Bonchev–Trinajstić information content (AvgIpc) is 3.10. The van der Waals surface area contributed by atoms with Gasteiger partial charge in [-0.05, 0) is 37.9 Å². The van der Waals surface area contributed by atoms with Crippen LogP contribution < -0.4 is 14.8 Å². The highest BCUT2D eigenvalue weighted by molar-refractivity contribution is 6.48. The molecule has 1 unspecified atom stereocenters. The molecule has 2 N–H and O–H groups in total. The van der Waals surface area contributed by atoms with Crippen LogP contribution in [0.3, 0.4) is 0 Å². The summed E-state index contributed by atoms with van der Waals surface area (Å²) in [5.74, 6) is 0.511. The molecule has 1 heterocycles. The number of hydrogen-bond acceptors (Lipinski definition) is 7. The molecule has 34 heavy (non-hydrogen) atoms. The van der Waals surface area contributed by atoms with Gasteiger partial charge in [0.2, 0.25) is 0 Å². The molecular formula is C24H38N2O7Si. The molecule has 1 saturated heterocycles. The lowest BCUT2D eigenvalue weighted by molar-refractivity contribution is 0.0137. The lowest BCUT2D eigenvalue weighted by atomic mass is 9.83. The molecule has 1 aromatic carbocycles. The predicted molar refractivity (Wildman–Crippen MR) is 133 cm³/mol. The summed E-state index contributed by atoms with van der Waals surface area (Å²) in [6.07, 6.45) is -1.32. The Hall–Kier alpha value is -2.56. The van der Waals surface area contributed by atoms with Crippen molar-refractivity contribution in [2.24, 2.45) is 5.41 Å². The van der Waals surface area contributed by atoms with E-state index in [1.54, 1.807) is 11.8 Å². The molecule has 2 amide bonds. The molecule has 0 bridgehead atoms. The van der Waals surface area contributed by atoms with Gasteiger partial charge in [-0.3, -0.25) is 10.1 Å². The van der Waals surface area contributed by atoms with Gasteiger partial charge < -0.3 is 28.6 Å². The summed E-state index contributed by atoms with van der Waals surface area (Å²) in [5, 5.41) is 13.1. The number of methoxy groups -OCH3 is 2. The smallest absolute Gasteiger partial charge is 0.416 e. The zero-order chi connectivity index (χ0) is 25.8. The van der Waals surface area contributed by atoms with Crippen LogP contribution in [-0.2, 0) is 9.16 Å². The molecule has 3 atom stereocenters. The maximum Gasteiger partial charge on any atom is 0.416 e. The van der Waals surface area contributed by atoms with Crippen molar-refractivity contribution in [3.8, 4) is 11.5 Å². The van der Waals surface area contributed by atoms with Crippen LogP contribution in [0.5, 0.6) is 11.5 Å². The van der Waals surface area contributed by atoms with Gasteiger partial charge in [0.25, 0.3) is 5.91 Å². The lowest BCUT2D eigenvalue weighted by Crippen LogP contribution is -2.50. The number of benzene rings is 1. The van der Waals surface area contributed by atoms with Crippen LogP contribution >= 0.6 is 0 Å². The minimum atomic E-state index is -1.44. The van der Waals surface area contributed by atoms with Crippen LogP contribution in [0.25, 0.3) is 0 Å². The van der Waals surface area contributed by atoms with Crippen molar-refractivity contribution in [3.63, 3.8) is 0 Å². The Labute approximate surface area is 203 Å². The van der Waals surface area contributed by atoms with Crippen molar-refractivity contribution in [2.75, 3.05) is 26.1 Å². The normalized spacial score (nSPS) is 19.1. The Bertz CT molecular complexity index is 913. The SMILES string of the molecule is C=C(C)OC(=O)Nc1cc(OC)c(OC)cc1C(=O)N1C[C@H](O)C[C@H]1C(O[SiH](C)C)C(C)(C)C. The molecular weight excluding hydrogens is 456 g/mol. The number of hydrogen-bond donors (Lipinski definition) is 2. The number of nitrogens with zero attached hydrogens (tertiary/aromatic N) is 1. The molecule has 0 spiro atoms. The number of amides is 2. The molecule has 0 saturated carbocycles. The van der Waals surface area contributed by atoms with Crippen molar-refractivity contribution in [2.45, 2.75) is 65.5 Å². The topological polar surface area (TPSA) is 107 Å². The van der Waals surface area contributed by atoms with Crippen molar-refractivity contribution < 1.29 is 33.3 Å². The number of likely N-dealkylation sites (tertiary alicyclic amines) is 1. The van der Waals surface area contributed by atoms with Crippen LogP contribution in [0, 0.1) is 5.41 Å². The van der Waals surface area contributed by atoms with Gasteiger partial charge in [-0.25, -0.2) is 4.79 Å². The summed E-state index contributed by atoms with van der Waals surface area (Å²) in [6.45, 7) is 15.6. The second kappa shape index (κ2) is 11.2. The van der Waals surface area contributed by atoms with E-state index in [1.165, 1.54) is 26.4 Å². The Morgan fingerprint density at radius 1 is 1.21 bits per heavy atom. The van der Waals surface area contributed by atoms with E-state index in [0.29, 0.717) is 17.9 Å². The molecule has 0 aliphatic carbocycles. The fourth-order valence-corrected chi connectivity index (χ4v) is 5.31. The number of carbonyl (C=O) groups excluding carboxylic acids is 2. The number of nitrogens with one attached hydrogen (secondary N) is 1. The molecule has 1 fully saturated rings. The number of aliphatic hydroxyl groups excluding tert-OH is 1. The molecule has 2 rings (SSSR count). The van der Waals surface area contributed by atoms with Crippen LogP contribution in [0.15, 0.2) is 24.5 Å². The first-order valence-electron chi connectivity index (χ1n) is 11.3. The third kappa shape index (κ3) is 6.74. The van der Waals surface area contributed by atoms with Gasteiger partial charge in [0.1, 0.15) is 0 Å². The number of carbonyl (C=O) groups is 2. The first kappa shape index (κ1) is 27.7. The van der Waals surface area contributed by atoms with E-state index >= 15 is 0 Å². The van der Waals surface area contributed by atoms with Crippen molar-refractivity contribution >= 4 is 26.7 Å². The number of aliphatic hydroxyl groups is 1. The van der Waals surface area contributed by atoms with E-state index in [4.69, 9.17) is 18.6 Å². The molecule has 190 valence electrons. The molecule has 9 nitrogen and oxygen atoms in total. The van der Waals surface area contributed by atoms with Gasteiger partial charge in [-0.15, -0.1) is 0 Å². The zero-order valence-corrected chi connectivity index (χ0v) is 22.6. The van der Waals surface area contributed by atoms with E-state index in [0.717, 1.165) is 0 Å². The summed E-state index contributed by atoms with van der Waals surface area (Å²) in [5.41, 5.74) is 0.125. The van der Waals surface area contributed by atoms with Crippen LogP contribution in [0.4, 0.5) is 10.5 Å². The summed E-state index contributed by atoms with van der Waals surface area (Å²) in [6, 6.07) is 2.69. The van der Waals surface area contributed by atoms with Gasteiger partial charge in [0, 0.05) is 12.6 Å². The summed E-state index contributed by atoms with van der Waals surface area (Å²) in [4.78, 5) is 27.8. The highest BCUT2D eigenvalue weighted by Gasteiger charge is 2.45. The predicted octanol–water partition coefficient (Wildman–Crippen LogP) is 3.78. The maximum atomic E-state index is 13.9. The van der Waals surface area contributed by atoms with Gasteiger partial charge in [0.15, 0.2) is 20.5 Å². The van der Waals surface area contributed by atoms with Gasteiger partial charge in [-0.1, -0.05) is 27.4 Å². The summed E-state index contributed by atoms with van der Waals surface area (Å²) >= 11 is 0. The van der Waals surface area contributed by atoms with Crippen LogP contribution in [0.2, 0.25) is 13.1 Å². The van der Waals surface area contributed by atoms with E-state index < -0.39 is 21.2 Å². The third-order valence-corrected chi connectivity index (χ3v) is 6.30. The maximum absolute atomic E-state index is 13.9. The Kier molecular flexibility index (Phi) is 9.15. The van der Waals surface area contributed by atoms with E-state index in [1.807, 2.05) is 0 Å². The molecule has 0 aromatic heterocycles. The largest absolute Gasteiger partial charge is 0.493 e. The number of allylic oxidation sites excluding steroid dienone is 1. The number of rotatable bonds is 8. The van der Waals surface area contributed by atoms with E-state index in [2.05, 4.69) is 45.8 Å². The monoisotopic (exact) mass is 494 g/mol. The van der Waals surface area contributed by atoms with Gasteiger partial charge in [-0.2, -0.15) is 0 Å². The van der Waals surface area contributed by atoms with Crippen LogP contribution in [0.1, 0.15) is 44.5 Å². The van der Waals surface area contributed by atoms with Crippen molar-refractivity contribution in [1.82, 2.24) is 4.90 Å². The number of β-amino-alcohol motifs (C(OH)–C–C–N with tert-alkyl or cyclic N) is 1. The molecule has 1 aliphatic heterocycles. The van der Waals surface area contributed by atoms with Gasteiger partial charge in [0.05, 0.1) is 49.5 Å². The first-order chi connectivity index (χ1) is 15.8. The molecule has 10 heteroatoms. The van der Waals surface area contributed by atoms with Crippen molar-refractivity contribution in [1.29, 1.82) is 0 Å². The zero-order valence-electron chi connectivity index (χ0n) is 21.4. The fourth-order valence-electron chi connectivity index (χ4n) is 4.14. The van der Waals surface area contributed by atoms with E-state index in [-0.39, 0.29) is 47.0 Å². The fraction of sp³-hybridized carbons (Fsp3) is 0.583. The van der Waals surface area contributed by atoms with Crippen LogP contribution in [-0.4, -0.2) is 70.1 Å². The quantitative estimate of drug-likeness (QED) is 0.418. The Balaban J connectivity index is 2.53. The van der Waals surface area contributed by atoms with Crippen molar-refractivity contribution in [3.05, 3.63) is 30.0 Å². The Morgan fingerprint density at radius 2 is 1.79 bits per heavy atom. The molecule has 1 aromatic rings. The molecule has 0 radical (unpaired) electrons. The summed E-state index contributed by atoms with van der Waals surface area (Å²) < 4.78 is 22.1. The Morgan fingerprint density at radius 3 is 2.29 bits per heavy atom. The summed E-state index contributed by atoms with van der Waals surface area (Å²) in [7, 11) is 1.48. The molecule has 1 aliphatic rings. The minimum absolute atomic E-state index is 0.156. The minimum Gasteiger partial charge on any atom is -0.493 e. The second-order valence-corrected chi connectivity index (χ2v) is 12.2. The lowest BCUT2D eigenvalue weighted by Gasteiger charge is -2.40. The van der Waals surface area contributed by atoms with E-state index in [9.17, 15) is 14.7 Å². The first-order valence-corrected chi connectivity index (χ1v) is 14.1. The highest BCUT2D eigenvalue weighted by Crippen LogP contribution is 2.38. The standard InChI is InChI=1S/C24H38N2O7Si/c1-14(2)32-23(29)25-17-12-20(31-7)19(30-6)11-16(17)22(28)26-13-15(27)10-18(26)21(24(3,4)5)33-34(8)9/h11-12,15,18,21,27,34H,1,10,13H2,2-9H3,(H,25,29)/t15-,18+,21?/m1/s1. The second-order valence-electron chi connectivity index (χ2n) is 9.86. The van der Waals surface area contributed by atoms with Gasteiger partial charge >= 0.3 is 6.09 Å². The average molecular weight is 495 g/mol. The third-order valence-electron chi connectivity index (χ3n) is 5.46.